The van der Waals surface area contributed by atoms with Gasteiger partial charge in [-0.1, -0.05) is 199 Å². The van der Waals surface area contributed by atoms with E-state index in [0.717, 1.165) is 0 Å². The van der Waals surface area contributed by atoms with Gasteiger partial charge < -0.3 is 9.80 Å². The smallest absolute Gasteiger partial charge is 0.252 e. The molecule has 0 saturated carbocycles. The van der Waals surface area contributed by atoms with E-state index in [9.17, 15) is 0 Å². The summed E-state index contributed by atoms with van der Waals surface area (Å²) in [6.45, 7) is 18.5. The molecule has 0 N–H and O–H groups in total. The molecule has 3 aliphatic rings. The van der Waals surface area contributed by atoms with Gasteiger partial charge in [0.15, 0.2) is 8.07 Å². The fourth-order valence-electron chi connectivity index (χ4n) is 11.9. The molecule has 68 heavy (non-hydrogen) atoms. The average Bonchev–Trinajstić information content (AvgIpc) is 3.63. The summed E-state index contributed by atoms with van der Waals surface area (Å²) in [7, 11) is -2.82. The first kappa shape index (κ1) is 42.2. The fraction of sp³-hybridized carbons (Fsp3) is 0.156. The quantitative estimate of drug-likeness (QED) is 0.159. The van der Waals surface area contributed by atoms with E-state index >= 15 is 0 Å². The van der Waals surface area contributed by atoms with Gasteiger partial charge >= 0.3 is 0 Å². The van der Waals surface area contributed by atoms with Crippen molar-refractivity contribution in [3.8, 4) is 22.3 Å². The number of anilines is 6. The van der Waals surface area contributed by atoms with Crippen molar-refractivity contribution in [1.29, 1.82) is 0 Å². The van der Waals surface area contributed by atoms with E-state index in [1.165, 1.54) is 116 Å². The predicted molar refractivity (Wildman–Crippen MR) is 295 cm³/mol. The van der Waals surface area contributed by atoms with E-state index < -0.39 is 8.07 Å². The summed E-state index contributed by atoms with van der Waals surface area (Å²) in [4.78, 5) is 5.26. The molecule has 12 rings (SSSR count). The number of benzene rings is 9. The van der Waals surface area contributed by atoms with Gasteiger partial charge in [0.25, 0.3) is 6.71 Å². The molecule has 3 heterocycles. The lowest BCUT2D eigenvalue weighted by molar-refractivity contribution is 0.590. The summed E-state index contributed by atoms with van der Waals surface area (Å²) in [5.41, 5.74) is 21.6. The SMILES string of the molecule is Cc1cc2c3c(c1)N(c1ccc(C(C)(C)C)cc1-c1ccccc1)c1cc(C(C)(C)C)ccc1B3c1cc3c(cc1N2c1ccccc1C)-c1ccccc1[Si]3(c1ccccc1)c1ccccc1. The highest BCUT2D eigenvalue weighted by Gasteiger charge is 2.51. The standard InChI is InChI=1S/C64H57BN2Si/c1-42-36-58-62-59(37-42)67(55-35-33-45(63(3,4)5)38-50(55)44-23-12-9-13-24-44)56-39-46(64(6,7)8)32-34-52(56)65(62)53-41-61-51(40-57(53)66(58)54-30-20-18-22-43(54)2)49-29-19-21-31-60(49)68(61,47-25-14-10-15-26-47)48-27-16-11-17-28-48/h9-41H,1-8H3. The highest BCUT2D eigenvalue weighted by molar-refractivity contribution is 7.22. The van der Waals surface area contributed by atoms with Crippen molar-refractivity contribution in [2.45, 2.75) is 66.2 Å². The van der Waals surface area contributed by atoms with E-state index in [0.29, 0.717) is 0 Å². The van der Waals surface area contributed by atoms with E-state index in [2.05, 4.69) is 265 Å². The van der Waals surface area contributed by atoms with Crippen LogP contribution in [-0.4, -0.2) is 14.8 Å². The molecular formula is C64H57BN2Si. The van der Waals surface area contributed by atoms with Crippen molar-refractivity contribution in [1.82, 2.24) is 0 Å². The Bertz CT molecular complexity index is 3420. The van der Waals surface area contributed by atoms with Crippen LogP contribution in [0.3, 0.4) is 0 Å². The van der Waals surface area contributed by atoms with Crippen LogP contribution in [0.2, 0.25) is 0 Å². The monoisotopic (exact) mass is 892 g/mol. The molecule has 0 fully saturated rings. The summed E-state index contributed by atoms with van der Waals surface area (Å²) in [6.07, 6.45) is 0. The molecule has 330 valence electrons. The molecule has 0 amide bonds. The molecule has 2 nitrogen and oxygen atoms in total. The van der Waals surface area contributed by atoms with Crippen LogP contribution < -0.4 is 46.9 Å². The third-order valence-corrected chi connectivity index (χ3v) is 20.1. The summed E-state index contributed by atoms with van der Waals surface area (Å²) >= 11 is 0. The molecule has 0 unspecified atom stereocenters. The normalized spacial score (nSPS) is 14.2. The third-order valence-electron chi connectivity index (χ3n) is 15.2. The number of hydrogen-bond donors (Lipinski definition) is 0. The number of hydrogen-bond acceptors (Lipinski definition) is 2. The maximum Gasteiger partial charge on any atom is 0.252 e. The van der Waals surface area contributed by atoms with Crippen LogP contribution in [0.5, 0.6) is 0 Å². The van der Waals surface area contributed by atoms with Gasteiger partial charge in [0.05, 0.1) is 5.69 Å². The molecular weight excluding hydrogens is 836 g/mol. The van der Waals surface area contributed by atoms with Crippen molar-refractivity contribution in [3.05, 3.63) is 222 Å². The van der Waals surface area contributed by atoms with Gasteiger partial charge in [-0.25, -0.2) is 0 Å². The van der Waals surface area contributed by atoms with E-state index in [1.807, 2.05) is 0 Å². The Hall–Kier alpha value is -7.14. The molecule has 0 aromatic heterocycles. The molecule has 0 bridgehead atoms. The average molecular weight is 893 g/mol. The number of rotatable bonds is 5. The minimum Gasteiger partial charge on any atom is -0.311 e. The van der Waals surface area contributed by atoms with E-state index in [1.54, 1.807) is 0 Å². The van der Waals surface area contributed by atoms with Gasteiger partial charge in [0.1, 0.15) is 0 Å². The molecule has 0 atom stereocenters. The van der Waals surface area contributed by atoms with Crippen molar-refractivity contribution in [2.75, 3.05) is 9.80 Å². The zero-order chi connectivity index (χ0) is 46.7. The number of para-hydroxylation sites is 1. The van der Waals surface area contributed by atoms with E-state index in [-0.39, 0.29) is 17.5 Å². The minimum atomic E-state index is -2.82. The summed E-state index contributed by atoms with van der Waals surface area (Å²) < 4.78 is 0. The van der Waals surface area contributed by atoms with Crippen LogP contribution in [-0.2, 0) is 10.8 Å². The Morgan fingerprint density at radius 2 is 0.926 bits per heavy atom. The third kappa shape index (κ3) is 6.30. The second-order valence-electron chi connectivity index (χ2n) is 21.5. The van der Waals surface area contributed by atoms with Crippen molar-refractivity contribution >= 4 is 86.0 Å². The Labute approximate surface area is 404 Å². The molecule has 4 heteroatoms. The van der Waals surface area contributed by atoms with Crippen molar-refractivity contribution in [2.24, 2.45) is 0 Å². The summed E-state index contributed by atoms with van der Waals surface area (Å²) in [6, 6.07) is 77.1. The lowest BCUT2D eigenvalue weighted by Crippen LogP contribution is -2.73. The Morgan fingerprint density at radius 1 is 0.382 bits per heavy atom. The van der Waals surface area contributed by atoms with Crippen molar-refractivity contribution in [3.63, 3.8) is 0 Å². The maximum absolute atomic E-state index is 2.82. The van der Waals surface area contributed by atoms with Crippen molar-refractivity contribution < 1.29 is 0 Å². The second-order valence-corrected chi connectivity index (χ2v) is 25.2. The van der Waals surface area contributed by atoms with Crippen LogP contribution in [0, 0.1) is 13.8 Å². The highest BCUT2D eigenvalue weighted by Crippen LogP contribution is 2.49. The summed E-state index contributed by atoms with van der Waals surface area (Å²) in [5, 5.41) is 5.76. The molecule has 0 radical (unpaired) electrons. The van der Waals surface area contributed by atoms with Gasteiger partial charge in [-0.2, -0.15) is 0 Å². The van der Waals surface area contributed by atoms with Crippen LogP contribution in [0.15, 0.2) is 200 Å². The first-order chi connectivity index (χ1) is 32.8. The highest BCUT2D eigenvalue weighted by atomic mass is 28.3. The van der Waals surface area contributed by atoms with Crippen LogP contribution in [0.1, 0.15) is 63.8 Å². The maximum atomic E-state index is 2.70. The lowest BCUT2D eigenvalue weighted by atomic mass is 9.33. The van der Waals surface area contributed by atoms with Crippen LogP contribution in [0.25, 0.3) is 22.3 Å². The zero-order valence-electron chi connectivity index (χ0n) is 40.5. The number of aryl methyl sites for hydroxylation is 2. The fourth-order valence-corrected chi connectivity index (χ4v) is 17.1. The largest absolute Gasteiger partial charge is 0.311 e. The van der Waals surface area contributed by atoms with Crippen LogP contribution in [0.4, 0.5) is 34.1 Å². The Balaban J connectivity index is 1.23. The molecule has 0 spiro atoms. The summed E-state index contributed by atoms with van der Waals surface area (Å²) in [5.74, 6) is 0. The molecule has 0 aliphatic carbocycles. The first-order valence-corrected chi connectivity index (χ1v) is 26.4. The van der Waals surface area contributed by atoms with Gasteiger partial charge in [0.2, 0.25) is 0 Å². The topological polar surface area (TPSA) is 6.48 Å². The van der Waals surface area contributed by atoms with Gasteiger partial charge in [-0.3, -0.25) is 0 Å². The zero-order valence-corrected chi connectivity index (χ0v) is 41.5. The Morgan fingerprint density at radius 3 is 1.57 bits per heavy atom. The van der Waals surface area contributed by atoms with Crippen LogP contribution >= 0.6 is 0 Å². The lowest BCUT2D eigenvalue weighted by Gasteiger charge is -2.46. The number of fused-ring (bicyclic) bond motifs is 7. The van der Waals surface area contributed by atoms with Gasteiger partial charge in [-0.15, -0.1) is 0 Å². The number of nitrogens with zero attached hydrogens (tertiary/aromatic N) is 2. The van der Waals surface area contributed by atoms with E-state index in [4.69, 9.17) is 0 Å². The molecule has 0 saturated heterocycles. The minimum absolute atomic E-state index is 0.0232. The molecule has 9 aromatic rings. The second kappa shape index (κ2) is 15.5. The van der Waals surface area contributed by atoms with Gasteiger partial charge in [-0.05, 0) is 143 Å². The first-order valence-electron chi connectivity index (χ1n) is 24.4. The molecule has 3 aliphatic heterocycles. The van der Waals surface area contributed by atoms with Gasteiger partial charge in [0, 0.05) is 34.0 Å². The molecule has 9 aromatic carbocycles. The predicted octanol–water partition coefficient (Wildman–Crippen LogP) is 12.0. The Kier molecular flexibility index (Phi) is 9.60.